The highest BCUT2D eigenvalue weighted by molar-refractivity contribution is 7.26. The van der Waals surface area contributed by atoms with Crippen molar-refractivity contribution in [3.63, 3.8) is 0 Å². The number of nitrogens with zero attached hydrogens (tertiary/aromatic N) is 3. The van der Waals surface area contributed by atoms with Gasteiger partial charge in [-0.25, -0.2) is 4.98 Å². The van der Waals surface area contributed by atoms with E-state index >= 15 is 0 Å². The van der Waals surface area contributed by atoms with Gasteiger partial charge in [0.15, 0.2) is 0 Å². The van der Waals surface area contributed by atoms with Crippen LogP contribution >= 0.6 is 11.3 Å². The molecule has 248 valence electrons. The highest BCUT2D eigenvalue weighted by Gasteiger charge is 2.18. The van der Waals surface area contributed by atoms with Gasteiger partial charge in [0, 0.05) is 47.9 Å². The van der Waals surface area contributed by atoms with E-state index in [0.717, 1.165) is 39.4 Å². The van der Waals surface area contributed by atoms with Crippen LogP contribution in [0, 0.1) is 0 Å². The van der Waals surface area contributed by atoms with Crippen LogP contribution in [0.2, 0.25) is 0 Å². The quantitative estimate of drug-likeness (QED) is 0.176. The molecule has 0 saturated heterocycles. The smallest absolute Gasteiger partial charge is 0.145 e. The minimum atomic E-state index is 0.922. The molecule has 0 N–H and O–H groups in total. The fourth-order valence-corrected chi connectivity index (χ4v) is 9.31. The van der Waals surface area contributed by atoms with Crippen LogP contribution in [0.15, 0.2) is 188 Å². The molecule has 0 spiro atoms. The monoisotopic (exact) mass is 693 g/mol. The lowest BCUT2D eigenvalue weighted by atomic mass is 10.0. The summed E-state index contributed by atoms with van der Waals surface area (Å²) in [6, 6.07) is 67.7. The summed E-state index contributed by atoms with van der Waals surface area (Å²) in [7, 11) is 0. The van der Waals surface area contributed by atoms with Gasteiger partial charge in [0.25, 0.3) is 0 Å². The Labute approximate surface area is 310 Å². The molecule has 0 aliphatic carbocycles. The highest BCUT2D eigenvalue weighted by Crippen LogP contribution is 2.42. The molecule has 4 heteroatoms. The Hall–Kier alpha value is -6.75. The summed E-state index contributed by atoms with van der Waals surface area (Å²) >= 11 is 1.88. The average Bonchev–Trinajstić information content (AvgIpc) is 3.91. The van der Waals surface area contributed by atoms with E-state index < -0.39 is 0 Å². The Morgan fingerprint density at radius 3 is 1.87 bits per heavy atom. The molecule has 3 aromatic heterocycles. The zero-order chi connectivity index (χ0) is 34.9. The van der Waals surface area contributed by atoms with Crippen LogP contribution in [0.5, 0.6) is 0 Å². The van der Waals surface area contributed by atoms with Crippen LogP contribution in [-0.2, 0) is 0 Å². The van der Waals surface area contributed by atoms with Crippen molar-refractivity contribution in [3.05, 3.63) is 188 Å². The number of benzene rings is 8. The maximum atomic E-state index is 5.27. The molecule has 11 rings (SSSR count). The maximum Gasteiger partial charge on any atom is 0.145 e. The SMILES string of the molecule is c1ccc(-c2ccc3c(c2)nc(-c2ccc(-n4c5ccccc5c5cc(-c6cccc7c6sc6ccccc67)ccc54)cc2)n3-c2ccccc2)cc1. The molecule has 53 heavy (non-hydrogen) atoms. The zero-order valence-corrected chi connectivity index (χ0v) is 29.5. The van der Waals surface area contributed by atoms with Crippen LogP contribution in [0.4, 0.5) is 0 Å². The Kier molecular flexibility index (Phi) is 6.73. The van der Waals surface area contributed by atoms with E-state index in [9.17, 15) is 0 Å². The van der Waals surface area contributed by atoms with Crippen molar-refractivity contribution in [2.24, 2.45) is 0 Å². The molecule has 0 unspecified atom stereocenters. The summed E-state index contributed by atoms with van der Waals surface area (Å²) in [5, 5.41) is 5.15. The molecule has 3 heterocycles. The first kappa shape index (κ1) is 29.9. The van der Waals surface area contributed by atoms with Crippen molar-refractivity contribution in [3.8, 4) is 45.0 Å². The number of rotatable bonds is 5. The van der Waals surface area contributed by atoms with Gasteiger partial charge in [-0.2, -0.15) is 0 Å². The van der Waals surface area contributed by atoms with Crippen LogP contribution in [0.3, 0.4) is 0 Å². The standard InChI is InChI=1S/C49H31N3S/c1-3-12-32(13-4-1)34-24-29-46-43(31-34)50-49(52(46)36-14-5-2-6-15-36)33-22-26-37(27-23-33)51-44-20-9-7-16-39(44)42-30-35(25-28-45(42)51)38-18-11-19-41-40-17-8-10-21-47(40)53-48(38)41/h1-31H. The Bertz CT molecular complexity index is 3150. The van der Waals surface area contributed by atoms with Gasteiger partial charge in [-0.15, -0.1) is 11.3 Å². The van der Waals surface area contributed by atoms with Gasteiger partial charge in [-0.05, 0) is 95.1 Å². The van der Waals surface area contributed by atoms with E-state index in [4.69, 9.17) is 4.98 Å². The lowest BCUT2D eigenvalue weighted by Gasteiger charge is -2.12. The second-order valence-corrected chi connectivity index (χ2v) is 14.6. The number of imidazole rings is 1. The molecule has 0 aliphatic rings. The first-order chi connectivity index (χ1) is 26.3. The lowest BCUT2D eigenvalue weighted by molar-refractivity contribution is 1.10. The second-order valence-electron chi connectivity index (χ2n) is 13.6. The van der Waals surface area contributed by atoms with E-state index in [1.165, 1.54) is 58.7 Å². The van der Waals surface area contributed by atoms with E-state index in [1.807, 2.05) is 11.3 Å². The molecular weight excluding hydrogens is 663 g/mol. The van der Waals surface area contributed by atoms with Gasteiger partial charge in [0.1, 0.15) is 5.82 Å². The summed E-state index contributed by atoms with van der Waals surface area (Å²) in [6.45, 7) is 0. The molecule has 8 aromatic carbocycles. The van der Waals surface area contributed by atoms with Crippen molar-refractivity contribution in [2.75, 3.05) is 0 Å². The Morgan fingerprint density at radius 2 is 1.02 bits per heavy atom. The molecule has 3 nitrogen and oxygen atoms in total. The van der Waals surface area contributed by atoms with Crippen LogP contribution in [0.1, 0.15) is 0 Å². The topological polar surface area (TPSA) is 22.8 Å². The number of thiophene rings is 1. The van der Waals surface area contributed by atoms with E-state index in [1.54, 1.807) is 0 Å². The van der Waals surface area contributed by atoms with Gasteiger partial charge in [0.05, 0.1) is 22.1 Å². The van der Waals surface area contributed by atoms with Crippen LogP contribution in [0.25, 0.3) is 98.0 Å². The summed E-state index contributed by atoms with van der Waals surface area (Å²) in [4.78, 5) is 5.27. The normalized spacial score (nSPS) is 11.8. The zero-order valence-electron chi connectivity index (χ0n) is 28.6. The molecular formula is C49H31N3S. The number of para-hydroxylation sites is 2. The molecule has 0 saturated carbocycles. The largest absolute Gasteiger partial charge is 0.309 e. The first-order valence-corrected chi connectivity index (χ1v) is 18.8. The molecule has 0 atom stereocenters. The molecule has 0 aliphatic heterocycles. The minimum Gasteiger partial charge on any atom is -0.309 e. The minimum absolute atomic E-state index is 0.922. The average molecular weight is 694 g/mol. The third kappa shape index (κ3) is 4.77. The predicted molar refractivity (Wildman–Crippen MR) is 225 cm³/mol. The second kappa shape index (κ2) is 11.9. The van der Waals surface area contributed by atoms with Crippen molar-refractivity contribution in [1.29, 1.82) is 0 Å². The summed E-state index contributed by atoms with van der Waals surface area (Å²) < 4.78 is 7.33. The van der Waals surface area contributed by atoms with Crippen molar-refractivity contribution >= 4 is 64.3 Å². The summed E-state index contributed by atoms with van der Waals surface area (Å²) in [6.07, 6.45) is 0. The van der Waals surface area contributed by atoms with E-state index in [-0.39, 0.29) is 0 Å². The van der Waals surface area contributed by atoms with Gasteiger partial charge in [0.2, 0.25) is 0 Å². The lowest BCUT2D eigenvalue weighted by Crippen LogP contribution is -1.98. The van der Waals surface area contributed by atoms with Crippen molar-refractivity contribution < 1.29 is 0 Å². The predicted octanol–water partition coefficient (Wildman–Crippen LogP) is 13.5. The number of hydrogen-bond donors (Lipinski definition) is 0. The third-order valence-electron chi connectivity index (χ3n) is 10.5. The molecule has 0 radical (unpaired) electrons. The van der Waals surface area contributed by atoms with Crippen molar-refractivity contribution in [1.82, 2.24) is 14.1 Å². The number of hydrogen-bond acceptors (Lipinski definition) is 2. The molecule has 0 amide bonds. The Morgan fingerprint density at radius 1 is 0.377 bits per heavy atom. The van der Waals surface area contributed by atoms with Gasteiger partial charge < -0.3 is 4.57 Å². The Balaban J connectivity index is 1.04. The highest BCUT2D eigenvalue weighted by atomic mass is 32.1. The summed E-state index contributed by atoms with van der Waals surface area (Å²) in [5.41, 5.74) is 12.6. The molecule has 0 bridgehead atoms. The fraction of sp³-hybridized carbons (Fsp3) is 0. The van der Waals surface area contributed by atoms with Crippen LogP contribution < -0.4 is 0 Å². The van der Waals surface area contributed by atoms with Crippen LogP contribution in [-0.4, -0.2) is 14.1 Å². The number of aromatic nitrogens is 3. The maximum absolute atomic E-state index is 5.27. The third-order valence-corrected chi connectivity index (χ3v) is 11.8. The fourth-order valence-electron chi connectivity index (χ4n) is 8.08. The van der Waals surface area contributed by atoms with Gasteiger partial charge in [-0.1, -0.05) is 115 Å². The number of fused-ring (bicyclic) bond motifs is 7. The molecule has 11 aromatic rings. The summed E-state index contributed by atoms with van der Waals surface area (Å²) in [5.74, 6) is 0.922. The van der Waals surface area contributed by atoms with Crippen molar-refractivity contribution in [2.45, 2.75) is 0 Å². The van der Waals surface area contributed by atoms with Gasteiger partial charge >= 0.3 is 0 Å². The van der Waals surface area contributed by atoms with E-state index in [0.29, 0.717) is 0 Å². The first-order valence-electron chi connectivity index (χ1n) is 18.0. The van der Waals surface area contributed by atoms with Gasteiger partial charge in [-0.3, -0.25) is 4.57 Å². The van der Waals surface area contributed by atoms with E-state index in [2.05, 4.69) is 197 Å². The molecule has 0 fully saturated rings.